The van der Waals surface area contributed by atoms with E-state index in [1.165, 1.54) is 0 Å². The average molecular weight is 318 g/mol. The molecule has 1 heterocycles. The number of carbonyl (C=O) groups is 2. The van der Waals surface area contributed by atoms with Gasteiger partial charge in [0.05, 0.1) is 12.6 Å². The Balaban J connectivity index is 1.95. The number of nitrogens with one attached hydrogen (secondary N) is 1. The Morgan fingerprint density at radius 1 is 1.30 bits per heavy atom. The maximum atomic E-state index is 12.2. The molecule has 1 N–H and O–H groups in total. The predicted molar refractivity (Wildman–Crippen MR) is 90.6 cm³/mol. The van der Waals surface area contributed by atoms with E-state index in [0.717, 1.165) is 11.4 Å². The Hall–Kier alpha value is -2.04. The molecule has 1 fully saturated rings. The third-order valence-corrected chi connectivity index (χ3v) is 3.64. The van der Waals surface area contributed by atoms with Gasteiger partial charge in [0.15, 0.2) is 0 Å². The van der Waals surface area contributed by atoms with Gasteiger partial charge >= 0.3 is 0 Å². The highest BCUT2D eigenvalue weighted by Gasteiger charge is 2.32. The minimum absolute atomic E-state index is 0.00356. The van der Waals surface area contributed by atoms with Crippen molar-refractivity contribution in [1.82, 2.24) is 5.32 Å². The summed E-state index contributed by atoms with van der Waals surface area (Å²) >= 11 is 0. The molecular weight excluding hydrogens is 292 g/mol. The highest BCUT2D eigenvalue weighted by molar-refractivity contribution is 5.96. The van der Waals surface area contributed by atoms with Crippen molar-refractivity contribution < 1.29 is 14.3 Å². The first-order valence-electron chi connectivity index (χ1n) is 8.11. The molecule has 126 valence electrons. The number of benzene rings is 1. The van der Waals surface area contributed by atoms with E-state index < -0.39 is 0 Å². The second-order valence-corrected chi connectivity index (χ2v) is 7.14. The molecule has 1 unspecified atom stereocenters. The van der Waals surface area contributed by atoms with Crippen molar-refractivity contribution in [2.75, 3.05) is 18.1 Å². The molecule has 0 bridgehead atoms. The molecular formula is C18H26N2O3. The summed E-state index contributed by atoms with van der Waals surface area (Å²) < 4.78 is 5.41. The fourth-order valence-corrected chi connectivity index (χ4v) is 2.70. The van der Waals surface area contributed by atoms with Crippen LogP contribution in [0.5, 0.6) is 5.75 Å². The molecule has 0 saturated carbocycles. The Morgan fingerprint density at radius 2 is 1.96 bits per heavy atom. The van der Waals surface area contributed by atoms with Crippen LogP contribution in [0, 0.1) is 5.41 Å². The van der Waals surface area contributed by atoms with E-state index in [2.05, 4.69) is 5.32 Å². The smallest absolute Gasteiger partial charge is 0.229 e. The van der Waals surface area contributed by atoms with Crippen LogP contribution in [-0.2, 0) is 9.59 Å². The van der Waals surface area contributed by atoms with Gasteiger partial charge < -0.3 is 15.0 Å². The molecule has 1 aromatic carbocycles. The monoisotopic (exact) mass is 318 g/mol. The van der Waals surface area contributed by atoms with E-state index in [4.69, 9.17) is 4.74 Å². The molecule has 1 aromatic rings. The van der Waals surface area contributed by atoms with Crippen LogP contribution in [0.2, 0.25) is 0 Å². The van der Waals surface area contributed by atoms with Gasteiger partial charge in [-0.05, 0) is 36.6 Å². The first-order valence-corrected chi connectivity index (χ1v) is 8.11. The van der Waals surface area contributed by atoms with Crippen molar-refractivity contribution in [3.8, 4) is 5.75 Å². The van der Waals surface area contributed by atoms with Gasteiger partial charge in [0.2, 0.25) is 11.8 Å². The summed E-state index contributed by atoms with van der Waals surface area (Å²) in [4.78, 5) is 25.9. The predicted octanol–water partition coefficient (Wildman–Crippen LogP) is 2.74. The van der Waals surface area contributed by atoms with Crippen LogP contribution in [0.1, 0.15) is 40.5 Å². The summed E-state index contributed by atoms with van der Waals surface area (Å²) in [5.74, 6) is 0.831. The lowest BCUT2D eigenvalue weighted by atomic mass is 9.92. The lowest BCUT2D eigenvalue weighted by Gasteiger charge is -2.20. The van der Waals surface area contributed by atoms with Gasteiger partial charge in [0.25, 0.3) is 0 Å². The first-order chi connectivity index (χ1) is 10.8. The highest BCUT2D eigenvalue weighted by Crippen LogP contribution is 2.25. The van der Waals surface area contributed by atoms with Crippen molar-refractivity contribution in [3.63, 3.8) is 0 Å². The number of amides is 2. The van der Waals surface area contributed by atoms with Gasteiger partial charge in [0.1, 0.15) is 5.75 Å². The average Bonchev–Trinajstić information content (AvgIpc) is 2.78. The SMILES string of the molecule is CCOc1ccc(N2CC(NC(=O)CC(C)(C)C)CC2=O)cc1. The van der Waals surface area contributed by atoms with E-state index in [0.29, 0.717) is 26.0 Å². The molecule has 2 rings (SSSR count). The Morgan fingerprint density at radius 3 is 2.52 bits per heavy atom. The zero-order valence-electron chi connectivity index (χ0n) is 14.4. The summed E-state index contributed by atoms with van der Waals surface area (Å²) in [6.45, 7) is 9.14. The van der Waals surface area contributed by atoms with Crippen LogP contribution >= 0.6 is 0 Å². The van der Waals surface area contributed by atoms with E-state index >= 15 is 0 Å². The van der Waals surface area contributed by atoms with E-state index in [1.807, 2.05) is 52.0 Å². The zero-order chi connectivity index (χ0) is 17.0. The number of nitrogens with zero attached hydrogens (tertiary/aromatic N) is 1. The van der Waals surface area contributed by atoms with Gasteiger partial charge in [-0.1, -0.05) is 20.8 Å². The van der Waals surface area contributed by atoms with Gasteiger partial charge in [0, 0.05) is 25.1 Å². The van der Waals surface area contributed by atoms with Crippen LogP contribution in [0.3, 0.4) is 0 Å². The lowest BCUT2D eigenvalue weighted by molar-refractivity contribution is -0.123. The third-order valence-electron chi connectivity index (χ3n) is 3.64. The second-order valence-electron chi connectivity index (χ2n) is 7.14. The maximum absolute atomic E-state index is 12.2. The van der Waals surface area contributed by atoms with Gasteiger partial charge in [-0.3, -0.25) is 9.59 Å². The number of carbonyl (C=O) groups excluding carboxylic acids is 2. The van der Waals surface area contributed by atoms with Crippen LogP contribution in [0.15, 0.2) is 24.3 Å². The maximum Gasteiger partial charge on any atom is 0.229 e. The summed E-state index contributed by atoms with van der Waals surface area (Å²) in [6.07, 6.45) is 0.809. The number of hydrogen-bond acceptors (Lipinski definition) is 3. The summed E-state index contributed by atoms with van der Waals surface area (Å²) in [6, 6.07) is 7.35. The standard InChI is InChI=1S/C18H26N2O3/c1-5-23-15-8-6-14(7-9-15)20-12-13(10-17(20)22)19-16(21)11-18(2,3)4/h6-9,13H,5,10-12H2,1-4H3,(H,19,21). The minimum Gasteiger partial charge on any atom is -0.494 e. The lowest BCUT2D eigenvalue weighted by Crippen LogP contribution is -2.38. The molecule has 23 heavy (non-hydrogen) atoms. The molecule has 2 amide bonds. The molecule has 1 aliphatic rings. The molecule has 0 radical (unpaired) electrons. The highest BCUT2D eigenvalue weighted by atomic mass is 16.5. The fraction of sp³-hybridized carbons (Fsp3) is 0.556. The summed E-state index contributed by atoms with van der Waals surface area (Å²) in [5.41, 5.74) is 0.785. The van der Waals surface area contributed by atoms with E-state index in [1.54, 1.807) is 4.90 Å². The number of rotatable bonds is 5. The Bertz CT molecular complexity index is 561. The molecule has 1 aliphatic heterocycles. The number of anilines is 1. The molecule has 1 saturated heterocycles. The Kier molecular flexibility index (Phi) is 5.29. The van der Waals surface area contributed by atoms with Crippen molar-refractivity contribution in [2.45, 2.75) is 46.6 Å². The van der Waals surface area contributed by atoms with Crippen LogP contribution in [0.4, 0.5) is 5.69 Å². The van der Waals surface area contributed by atoms with E-state index in [-0.39, 0.29) is 23.3 Å². The number of ether oxygens (including phenoxy) is 1. The molecule has 1 atom stereocenters. The fourth-order valence-electron chi connectivity index (χ4n) is 2.70. The van der Waals surface area contributed by atoms with Gasteiger partial charge in [-0.15, -0.1) is 0 Å². The first kappa shape index (κ1) is 17.3. The van der Waals surface area contributed by atoms with Crippen LogP contribution < -0.4 is 15.0 Å². The van der Waals surface area contributed by atoms with Crippen LogP contribution in [0.25, 0.3) is 0 Å². The summed E-state index contributed by atoms with van der Waals surface area (Å²) in [7, 11) is 0. The van der Waals surface area contributed by atoms with E-state index in [9.17, 15) is 9.59 Å². The number of hydrogen-bond donors (Lipinski definition) is 1. The minimum atomic E-state index is -0.121. The third kappa shape index (κ3) is 4.98. The Labute approximate surface area is 138 Å². The van der Waals surface area contributed by atoms with Crippen molar-refractivity contribution >= 4 is 17.5 Å². The van der Waals surface area contributed by atoms with Gasteiger partial charge in [-0.25, -0.2) is 0 Å². The molecule has 0 aliphatic carbocycles. The zero-order valence-corrected chi connectivity index (χ0v) is 14.4. The normalized spacial score (nSPS) is 18.2. The van der Waals surface area contributed by atoms with Crippen LogP contribution in [-0.4, -0.2) is 31.0 Å². The molecule has 5 heteroatoms. The topological polar surface area (TPSA) is 58.6 Å². The summed E-state index contributed by atoms with van der Waals surface area (Å²) in [5, 5.41) is 2.97. The molecule has 5 nitrogen and oxygen atoms in total. The largest absolute Gasteiger partial charge is 0.494 e. The van der Waals surface area contributed by atoms with Gasteiger partial charge in [-0.2, -0.15) is 0 Å². The van der Waals surface area contributed by atoms with Crippen molar-refractivity contribution in [2.24, 2.45) is 5.41 Å². The molecule has 0 aromatic heterocycles. The second kappa shape index (κ2) is 7.02. The van der Waals surface area contributed by atoms with Crippen molar-refractivity contribution in [3.05, 3.63) is 24.3 Å². The van der Waals surface area contributed by atoms with Crippen molar-refractivity contribution in [1.29, 1.82) is 0 Å². The molecule has 0 spiro atoms. The quantitative estimate of drug-likeness (QED) is 0.908.